The van der Waals surface area contributed by atoms with Crippen LogP contribution in [0.2, 0.25) is 0 Å². The van der Waals surface area contributed by atoms with Crippen molar-refractivity contribution >= 4 is 24.6 Å². The lowest BCUT2D eigenvalue weighted by atomic mass is 9.94. The van der Waals surface area contributed by atoms with Gasteiger partial charge in [0, 0.05) is 6.54 Å². The Labute approximate surface area is 117 Å². The van der Waals surface area contributed by atoms with Gasteiger partial charge in [0.15, 0.2) is 5.54 Å². The summed E-state index contributed by atoms with van der Waals surface area (Å²) in [4.78, 5) is 25.7. The highest BCUT2D eigenvalue weighted by atomic mass is 32.1. The molecule has 0 radical (unpaired) electrons. The molecule has 0 spiro atoms. The fourth-order valence-electron chi connectivity index (χ4n) is 2.05. The smallest absolute Gasteiger partial charge is 0.325 e. The zero-order valence-electron chi connectivity index (χ0n) is 11.3. The van der Waals surface area contributed by atoms with Gasteiger partial charge in [0.2, 0.25) is 0 Å². The molecule has 1 aromatic rings. The molecule has 6 heteroatoms. The summed E-state index contributed by atoms with van der Waals surface area (Å²) in [7, 11) is 0. The molecule has 0 bridgehead atoms. The lowest BCUT2D eigenvalue weighted by Gasteiger charge is -2.27. The third-order valence-electron chi connectivity index (χ3n) is 3.30. The lowest BCUT2D eigenvalue weighted by Crippen LogP contribution is -2.42. The molecule has 5 nitrogen and oxygen atoms in total. The van der Waals surface area contributed by atoms with E-state index in [1.807, 2.05) is 13.8 Å². The summed E-state index contributed by atoms with van der Waals surface area (Å²) in [5.41, 5.74) is -1.35. The number of carbonyl (C=O) groups excluding carboxylic acids is 2. The van der Waals surface area contributed by atoms with Crippen LogP contribution < -0.4 is 5.32 Å². The molecule has 1 aliphatic rings. The average Bonchev–Trinajstić information content (AvgIpc) is 2.94. The monoisotopic (exact) mass is 282 g/mol. The van der Waals surface area contributed by atoms with Crippen LogP contribution in [-0.4, -0.2) is 29.1 Å². The van der Waals surface area contributed by atoms with Crippen molar-refractivity contribution in [1.82, 2.24) is 10.2 Å². The van der Waals surface area contributed by atoms with Crippen molar-refractivity contribution < 1.29 is 14.0 Å². The van der Waals surface area contributed by atoms with Gasteiger partial charge in [0.1, 0.15) is 5.76 Å². The Kier molecular flexibility index (Phi) is 3.38. The van der Waals surface area contributed by atoms with Crippen molar-refractivity contribution in [2.75, 3.05) is 12.3 Å². The molecule has 0 aliphatic carbocycles. The topological polar surface area (TPSA) is 62.6 Å². The van der Waals surface area contributed by atoms with Gasteiger partial charge in [0.25, 0.3) is 5.91 Å². The van der Waals surface area contributed by atoms with Crippen molar-refractivity contribution in [1.29, 1.82) is 0 Å². The molecular formula is C13H18N2O3S. The predicted octanol–water partition coefficient (Wildman–Crippen LogP) is 2.00. The van der Waals surface area contributed by atoms with E-state index in [1.165, 1.54) is 11.2 Å². The number of carbonyl (C=O) groups is 2. The highest BCUT2D eigenvalue weighted by molar-refractivity contribution is 7.80. The number of nitrogens with one attached hydrogen (secondary N) is 1. The molecule has 1 atom stereocenters. The Morgan fingerprint density at radius 2 is 2.16 bits per heavy atom. The van der Waals surface area contributed by atoms with Crippen LogP contribution in [0.25, 0.3) is 0 Å². The molecule has 0 saturated carbocycles. The third kappa shape index (κ3) is 2.36. The zero-order chi connectivity index (χ0) is 14.3. The van der Waals surface area contributed by atoms with E-state index < -0.39 is 11.6 Å². The number of hydrogen-bond donors (Lipinski definition) is 2. The van der Waals surface area contributed by atoms with Crippen molar-refractivity contribution in [2.45, 2.75) is 26.3 Å². The Hall–Kier alpha value is -1.43. The zero-order valence-corrected chi connectivity index (χ0v) is 12.2. The van der Waals surface area contributed by atoms with Gasteiger partial charge in [-0.15, -0.1) is 0 Å². The lowest BCUT2D eigenvalue weighted by molar-refractivity contribution is -0.132. The summed E-state index contributed by atoms with van der Waals surface area (Å²) in [5, 5.41) is 2.70. The van der Waals surface area contributed by atoms with E-state index >= 15 is 0 Å². The van der Waals surface area contributed by atoms with Crippen LogP contribution in [-0.2, 0) is 10.3 Å². The van der Waals surface area contributed by atoms with E-state index in [2.05, 4.69) is 17.9 Å². The van der Waals surface area contributed by atoms with Crippen LogP contribution in [0.15, 0.2) is 22.8 Å². The summed E-state index contributed by atoms with van der Waals surface area (Å²) in [6.07, 6.45) is 1.49. The largest absolute Gasteiger partial charge is 0.466 e. The van der Waals surface area contributed by atoms with Crippen LogP contribution in [0.5, 0.6) is 0 Å². The maximum atomic E-state index is 12.5. The van der Waals surface area contributed by atoms with E-state index in [-0.39, 0.29) is 11.3 Å². The number of rotatable bonds is 4. The van der Waals surface area contributed by atoms with Crippen molar-refractivity contribution in [3.8, 4) is 0 Å². The molecule has 1 fully saturated rings. The maximum Gasteiger partial charge on any atom is 0.325 e. The number of thiol groups is 1. The maximum absolute atomic E-state index is 12.5. The van der Waals surface area contributed by atoms with Gasteiger partial charge in [0.05, 0.1) is 6.26 Å². The van der Waals surface area contributed by atoms with Crippen LogP contribution >= 0.6 is 12.6 Å². The van der Waals surface area contributed by atoms with Crippen LogP contribution in [0.4, 0.5) is 4.79 Å². The molecular weight excluding hydrogens is 264 g/mol. The first-order valence-electron chi connectivity index (χ1n) is 6.09. The highest BCUT2D eigenvalue weighted by Crippen LogP contribution is 2.31. The van der Waals surface area contributed by atoms with E-state index in [0.717, 1.165) is 0 Å². The summed E-state index contributed by atoms with van der Waals surface area (Å²) in [6, 6.07) is 2.99. The molecule has 104 valence electrons. The summed E-state index contributed by atoms with van der Waals surface area (Å²) < 4.78 is 5.27. The predicted molar refractivity (Wildman–Crippen MR) is 73.9 cm³/mol. The van der Waals surface area contributed by atoms with Gasteiger partial charge in [-0.2, -0.15) is 12.6 Å². The van der Waals surface area contributed by atoms with Gasteiger partial charge in [-0.05, 0) is 30.2 Å². The summed E-state index contributed by atoms with van der Waals surface area (Å²) in [6.45, 7) is 5.91. The van der Waals surface area contributed by atoms with Crippen LogP contribution in [0, 0.1) is 5.41 Å². The molecule has 1 aromatic heterocycles. The molecule has 0 aromatic carbocycles. The second-order valence-corrected chi connectivity index (χ2v) is 6.06. The number of amides is 3. The first-order valence-corrected chi connectivity index (χ1v) is 6.72. The van der Waals surface area contributed by atoms with E-state index in [1.54, 1.807) is 19.1 Å². The van der Waals surface area contributed by atoms with E-state index in [0.29, 0.717) is 18.1 Å². The van der Waals surface area contributed by atoms with E-state index in [4.69, 9.17) is 4.42 Å². The first kappa shape index (κ1) is 14.0. The number of imide groups is 1. The number of hydrogen-bond acceptors (Lipinski definition) is 4. The number of furan rings is 1. The Balaban J connectivity index is 2.27. The van der Waals surface area contributed by atoms with Crippen molar-refractivity contribution in [2.24, 2.45) is 5.41 Å². The van der Waals surface area contributed by atoms with Gasteiger partial charge >= 0.3 is 6.03 Å². The highest BCUT2D eigenvalue weighted by Gasteiger charge is 2.51. The molecule has 2 rings (SSSR count). The quantitative estimate of drug-likeness (QED) is 0.656. The minimum atomic E-state index is -1.12. The first-order chi connectivity index (χ1) is 8.80. The SMILES string of the molecule is CC(C)(CS)CN1C(=O)NC(C)(c2ccco2)C1=O. The van der Waals surface area contributed by atoms with Crippen LogP contribution in [0.1, 0.15) is 26.5 Å². The normalized spacial score (nSPS) is 23.9. The molecule has 1 unspecified atom stereocenters. The van der Waals surface area contributed by atoms with Crippen LogP contribution in [0.3, 0.4) is 0 Å². The molecule has 1 N–H and O–H groups in total. The summed E-state index contributed by atoms with van der Waals surface area (Å²) in [5.74, 6) is 0.737. The number of urea groups is 1. The molecule has 1 saturated heterocycles. The van der Waals surface area contributed by atoms with Crippen molar-refractivity contribution in [3.05, 3.63) is 24.2 Å². The van der Waals surface area contributed by atoms with Gasteiger partial charge in [-0.3, -0.25) is 9.69 Å². The molecule has 19 heavy (non-hydrogen) atoms. The Bertz CT molecular complexity index is 498. The molecule has 3 amide bonds. The van der Waals surface area contributed by atoms with Gasteiger partial charge in [-0.1, -0.05) is 13.8 Å². The number of nitrogens with zero attached hydrogens (tertiary/aromatic N) is 1. The second-order valence-electron chi connectivity index (χ2n) is 5.75. The van der Waals surface area contributed by atoms with Crippen molar-refractivity contribution in [3.63, 3.8) is 0 Å². The Morgan fingerprint density at radius 1 is 1.47 bits per heavy atom. The van der Waals surface area contributed by atoms with E-state index in [9.17, 15) is 9.59 Å². The fourth-order valence-corrected chi connectivity index (χ4v) is 2.15. The third-order valence-corrected chi connectivity index (χ3v) is 4.16. The fraction of sp³-hybridized carbons (Fsp3) is 0.538. The second kappa shape index (κ2) is 4.59. The molecule has 2 heterocycles. The average molecular weight is 282 g/mol. The standard InChI is InChI=1S/C13H18N2O3S/c1-12(2,8-19)7-15-10(16)13(3,14-11(15)17)9-5-4-6-18-9/h4-6,19H,7-8H2,1-3H3,(H,14,17). The van der Waals surface area contributed by atoms with Gasteiger partial charge < -0.3 is 9.73 Å². The Morgan fingerprint density at radius 3 is 2.68 bits per heavy atom. The minimum Gasteiger partial charge on any atom is -0.466 e. The minimum absolute atomic E-state index is 0.232. The summed E-state index contributed by atoms with van der Waals surface area (Å²) >= 11 is 4.25. The van der Waals surface area contributed by atoms with Gasteiger partial charge in [-0.25, -0.2) is 4.79 Å². The molecule has 1 aliphatic heterocycles.